The zero-order chi connectivity index (χ0) is 11.0. The van der Waals surface area contributed by atoms with Crippen LogP contribution in [-0.2, 0) is 7.05 Å². The van der Waals surface area contributed by atoms with E-state index in [9.17, 15) is 0 Å². The van der Waals surface area contributed by atoms with E-state index in [4.69, 9.17) is 6.42 Å². The fourth-order valence-corrected chi connectivity index (χ4v) is 2.08. The minimum Gasteiger partial charge on any atom is -0.349 e. The number of fused-ring (bicyclic) bond motifs is 1. The summed E-state index contributed by atoms with van der Waals surface area (Å²) >= 11 is 0. The van der Waals surface area contributed by atoms with E-state index in [1.807, 2.05) is 6.20 Å². The number of aromatic nitrogens is 1. The van der Waals surface area contributed by atoms with Gasteiger partial charge in [-0.2, -0.15) is 0 Å². The summed E-state index contributed by atoms with van der Waals surface area (Å²) in [7, 11) is 2.05. The minimum atomic E-state index is 0.521. The van der Waals surface area contributed by atoms with E-state index < -0.39 is 0 Å². The van der Waals surface area contributed by atoms with Crippen molar-refractivity contribution < 1.29 is 0 Å². The molecule has 1 nitrogen and oxygen atoms in total. The average Bonchev–Trinajstić information content (AvgIpc) is 2.55. The fourth-order valence-electron chi connectivity index (χ4n) is 2.08. The van der Waals surface area contributed by atoms with Crippen molar-refractivity contribution in [2.75, 3.05) is 0 Å². The van der Waals surface area contributed by atoms with Gasteiger partial charge in [-0.1, -0.05) is 38.0 Å². The Hall–Kier alpha value is -1.68. The summed E-state index contributed by atoms with van der Waals surface area (Å²) in [5, 5.41) is 1.19. The highest BCUT2D eigenvalue weighted by Gasteiger charge is 2.10. The molecule has 0 aliphatic heterocycles. The average molecular weight is 197 g/mol. The normalized spacial score (nSPS) is 10.9. The summed E-state index contributed by atoms with van der Waals surface area (Å²) in [5.41, 5.74) is 3.60. The van der Waals surface area contributed by atoms with Crippen LogP contribution in [0.3, 0.4) is 0 Å². The molecule has 1 aromatic carbocycles. The lowest BCUT2D eigenvalue weighted by molar-refractivity contribution is 0.856. The number of hydrogen-bond acceptors (Lipinski definition) is 0. The molecule has 1 aromatic heterocycles. The highest BCUT2D eigenvalue weighted by molar-refractivity contribution is 5.89. The molecule has 2 aromatic rings. The molecule has 1 heteroatoms. The van der Waals surface area contributed by atoms with Gasteiger partial charge < -0.3 is 4.57 Å². The Morgan fingerprint density at radius 3 is 2.67 bits per heavy atom. The van der Waals surface area contributed by atoms with Gasteiger partial charge in [-0.3, -0.25) is 0 Å². The van der Waals surface area contributed by atoms with Gasteiger partial charge in [0.05, 0.1) is 5.52 Å². The van der Waals surface area contributed by atoms with E-state index in [1.54, 1.807) is 0 Å². The molecular weight excluding hydrogens is 182 g/mol. The van der Waals surface area contributed by atoms with Gasteiger partial charge in [-0.15, -0.1) is 6.42 Å². The zero-order valence-corrected chi connectivity index (χ0v) is 9.41. The molecule has 0 unspecified atom stereocenters. The molecule has 1 heterocycles. The Morgan fingerprint density at radius 1 is 1.33 bits per heavy atom. The van der Waals surface area contributed by atoms with Crippen LogP contribution in [0.15, 0.2) is 24.4 Å². The molecule has 0 saturated carbocycles. The van der Waals surface area contributed by atoms with Crippen LogP contribution in [0, 0.1) is 12.3 Å². The smallest absolute Gasteiger partial charge is 0.0525 e. The molecule has 76 valence electrons. The molecule has 0 N–H and O–H groups in total. The third kappa shape index (κ3) is 1.43. The topological polar surface area (TPSA) is 4.93 Å². The highest BCUT2D eigenvalue weighted by atomic mass is 14.9. The predicted octanol–water partition coefficient (Wildman–Crippen LogP) is 3.28. The van der Waals surface area contributed by atoms with Crippen molar-refractivity contribution in [1.82, 2.24) is 4.57 Å². The third-order valence-corrected chi connectivity index (χ3v) is 2.81. The fraction of sp³-hybridized carbons (Fsp3) is 0.286. The highest BCUT2D eigenvalue weighted by Crippen LogP contribution is 2.28. The first-order valence-electron chi connectivity index (χ1n) is 5.19. The van der Waals surface area contributed by atoms with E-state index >= 15 is 0 Å². The molecule has 0 spiro atoms. The first-order valence-corrected chi connectivity index (χ1v) is 5.19. The summed E-state index contributed by atoms with van der Waals surface area (Å²) in [4.78, 5) is 0. The molecular formula is C14H15N. The van der Waals surface area contributed by atoms with Gasteiger partial charge in [0, 0.05) is 24.2 Å². The molecule has 0 saturated heterocycles. The van der Waals surface area contributed by atoms with Gasteiger partial charge >= 0.3 is 0 Å². The van der Waals surface area contributed by atoms with Gasteiger partial charge in [0.25, 0.3) is 0 Å². The molecule has 0 fully saturated rings. The lowest BCUT2D eigenvalue weighted by Crippen LogP contribution is -1.93. The monoisotopic (exact) mass is 197 g/mol. The van der Waals surface area contributed by atoms with Crippen LogP contribution >= 0.6 is 0 Å². The number of benzene rings is 1. The number of terminal acetylenes is 1. The van der Waals surface area contributed by atoms with Crippen LogP contribution < -0.4 is 0 Å². The second kappa shape index (κ2) is 3.47. The number of nitrogens with zero attached hydrogens (tertiary/aromatic N) is 1. The van der Waals surface area contributed by atoms with E-state index in [2.05, 4.69) is 49.6 Å². The standard InChI is InChI=1S/C14H15N/c1-5-11-9-15(4)14-12(10(2)3)7-6-8-13(11)14/h1,6-10H,2-4H3. The van der Waals surface area contributed by atoms with E-state index in [0.29, 0.717) is 5.92 Å². The first-order chi connectivity index (χ1) is 7.15. The summed E-state index contributed by atoms with van der Waals surface area (Å²) in [5.74, 6) is 3.26. The van der Waals surface area contributed by atoms with Crippen LogP contribution in [0.5, 0.6) is 0 Å². The molecule has 0 bridgehead atoms. The number of para-hydroxylation sites is 1. The van der Waals surface area contributed by atoms with Gasteiger partial charge in [0.2, 0.25) is 0 Å². The Labute approximate surface area is 90.7 Å². The van der Waals surface area contributed by atoms with Gasteiger partial charge in [-0.25, -0.2) is 0 Å². The lowest BCUT2D eigenvalue weighted by atomic mass is 10.00. The Bertz CT molecular complexity index is 538. The largest absolute Gasteiger partial charge is 0.349 e. The summed E-state index contributed by atoms with van der Waals surface area (Å²) in [6, 6.07) is 6.35. The van der Waals surface area contributed by atoms with Crippen molar-refractivity contribution in [2.24, 2.45) is 7.05 Å². The number of rotatable bonds is 1. The molecule has 0 radical (unpaired) electrons. The Kier molecular flexibility index (Phi) is 2.28. The second-order valence-corrected chi connectivity index (χ2v) is 4.20. The van der Waals surface area contributed by atoms with Crippen molar-refractivity contribution in [3.8, 4) is 12.3 Å². The maximum atomic E-state index is 5.49. The molecule has 0 aliphatic carbocycles. The maximum Gasteiger partial charge on any atom is 0.0525 e. The molecule has 0 aliphatic rings. The molecule has 2 rings (SSSR count). The lowest BCUT2D eigenvalue weighted by Gasteiger charge is -2.08. The first kappa shape index (κ1) is 9.86. The number of aryl methyl sites for hydroxylation is 1. The predicted molar refractivity (Wildman–Crippen MR) is 64.9 cm³/mol. The van der Waals surface area contributed by atoms with Gasteiger partial charge in [0.15, 0.2) is 0 Å². The van der Waals surface area contributed by atoms with Crippen LogP contribution in [0.25, 0.3) is 10.9 Å². The van der Waals surface area contributed by atoms with E-state index in [0.717, 1.165) is 5.56 Å². The van der Waals surface area contributed by atoms with Crippen molar-refractivity contribution >= 4 is 10.9 Å². The Balaban J connectivity index is 2.87. The van der Waals surface area contributed by atoms with Crippen molar-refractivity contribution in [3.05, 3.63) is 35.5 Å². The minimum absolute atomic E-state index is 0.521. The summed E-state index contributed by atoms with van der Waals surface area (Å²) in [6.07, 6.45) is 7.52. The van der Waals surface area contributed by atoms with Crippen LogP contribution in [-0.4, -0.2) is 4.57 Å². The summed E-state index contributed by atoms with van der Waals surface area (Å²) in [6.45, 7) is 4.41. The zero-order valence-electron chi connectivity index (χ0n) is 9.41. The number of hydrogen-bond donors (Lipinski definition) is 0. The Morgan fingerprint density at radius 2 is 2.07 bits per heavy atom. The van der Waals surface area contributed by atoms with Crippen LogP contribution in [0.2, 0.25) is 0 Å². The van der Waals surface area contributed by atoms with Crippen molar-refractivity contribution in [2.45, 2.75) is 19.8 Å². The van der Waals surface area contributed by atoms with Crippen molar-refractivity contribution in [1.29, 1.82) is 0 Å². The maximum absolute atomic E-state index is 5.49. The second-order valence-electron chi connectivity index (χ2n) is 4.20. The molecule has 0 amide bonds. The molecule has 15 heavy (non-hydrogen) atoms. The summed E-state index contributed by atoms with van der Waals surface area (Å²) < 4.78 is 2.12. The van der Waals surface area contributed by atoms with Crippen LogP contribution in [0.1, 0.15) is 30.9 Å². The van der Waals surface area contributed by atoms with E-state index in [-0.39, 0.29) is 0 Å². The quantitative estimate of drug-likeness (QED) is 0.618. The van der Waals surface area contributed by atoms with Gasteiger partial charge in [-0.05, 0) is 11.5 Å². The third-order valence-electron chi connectivity index (χ3n) is 2.81. The SMILES string of the molecule is C#Cc1cn(C)c2c(C(C)C)cccc12. The van der Waals surface area contributed by atoms with E-state index in [1.165, 1.54) is 16.5 Å². The van der Waals surface area contributed by atoms with Crippen molar-refractivity contribution in [3.63, 3.8) is 0 Å². The van der Waals surface area contributed by atoms with Crippen LogP contribution in [0.4, 0.5) is 0 Å². The van der Waals surface area contributed by atoms with Gasteiger partial charge in [0.1, 0.15) is 0 Å². The molecule has 0 atom stereocenters.